The second-order valence-corrected chi connectivity index (χ2v) is 8.05. The van der Waals surface area contributed by atoms with Crippen molar-refractivity contribution in [3.8, 4) is 0 Å². The van der Waals surface area contributed by atoms with Crippen LogP contribution in [-0.4, -0.2) is 51.1 Å². The molecule has 0 spiro atoms. The van der Waals surface area contributed by atoms with E-state index in [0.29, 0.717) is 12.1 Å². The van der Waals surface area contributed by atoms with E-state index in [1.165, 1.54) is 26.2 Å². The molecule has 128 valence electrons. The first kappa shape index (κ1) is 18.3. The van der Waals surface area contributed by atoms with Crippen molar-refractivity contribution in [1.82, 2.24) is 9.21 Å². The zero-order valence-corrected chi connectivity index (χ0v) is 15.0. The molecule has 0 fully saturated rings. The van der Waals surface area contributed by atoms with Gasteiger partial charge in [-0.15, -0.1) is 0 Å². The summed E-state index contributed by atoms with van der Waals surface area (Å²) in [6.45, 7) is 0.878. The number of rotatable bonds is 7. The molecule has 0 aliphatic rings. The van der Waals surface area contributed by atoms with Crippen LogP contribution in [0.2, 0.25) is 0 Å². The normalized spacial score (nSPS) is 11.9. The van der Waals surface area contributed by atoms with Crippen LogP contribution in [0.5, 0.6) is 0 Å². The Morgan fingerprint density at radius 1 is 0.958 bits per heavy atom. The average Bonchev–Trinajstić information content (AvgIpc) is 2.55. The predicted molar refractivity (Wildman–Crippen MR) is 94.4 cm³/mol. The zero-order valence-electron chi connectivity index (χ0n) is 14.1. The van der Waals surface area contributed by atoms with Crippen molar-refractivity contribution in [3.05, 3.63) is 65.7 Å². The van der Waals surface area contributed by atoms with E-state index >= 15 is 0 Å². The van der Waals surface area contributed by atoms with E-state index in [0.717, 1.165) is 9.87 Å². The Morgan fingerprint density at radius 3 is 2.25 bits per heavy atom. The molecule has 0 atom stereocenters. The molecule has 6 heteroatoms. The molecule has 2 rings (SSSR count). The average molecular weight is 346 g/mol. The molecule has 0 unspecified atom stereocenters. The topological polar surface area (TPSA) is 57.7 Å². The van der Waals surface area contributed by atoms with E-state index < -0.39 is 10.0 Å². The smallest absolute Gasteiger partial charge is 0.242 e. The first-order chi connectivity index (χ1) is 11.3. The van der Waals surface area contributed by atoms with Gasteiger partial charge in [-0.2, -0.15) is 0 Å². The molecular weight excluding hydrogens is 324 g/mol. The fourth-order valence-corrected chi connectivity index (χ4v) is 3.28. The summed E-state index contributed by atoms with van der Waals surface area (Å²) in [4.78, 5) is 14.5. The van der Waals surface area contributed by atoms with Crippen molar-refractivity contribution in [1.29, 1.82) is 0 Å². The summed E-state index contributed by atoms with van der Waals surface area (Å²) >= 11 is 0. The molecule has 0 saturated heterocycles. The van der Waals surface area contributed by atoms with Gasteiger partial charge in [-0.05, 0) is 24.7 Å². The molecule has 0 N–H and O–H groups in total. The van der Waals surface area contributed by atoms with Crippen LogP contribution in [0, 0.1) is 0 Å². The molecule has 0 saturated carbocycles. The molecular formula is C18H22N2O3S. The highest BCUT2D eigenvalue weighted by molar-refractivity contribution is 7.89. The lowest BCUT2D eigenvalue weighted by molar-refractivity contribution is 0.0943. The molecule has 0 aromatic heterocycles. The van der Waals surface area contributed by atoms with E-state index in [-0.39, 0.29) is 17.2 Å². The lowest BCUT2D eigenvalue weighted by atomic mass is 10.1. The van der Waals surface area contributed by atoms with E-state index in [1.807, 2.05) is 42.3 Å². The number of Topliss-reactive ketones (excluding diaryl/α,β-unsaturated/α-hetero) is 1. The second kappa shape index (κ2) is 7.70. The maximum atomic E-state index is 12.4. The number of sulfonamides is 1. The molecule has 0 heterocycles. The summed E-state index contributed by atoms with van der Waals surface area (Å²) in [5.41, 5.74) is 1.52. The molecule has 0 bridgehead atoms. The minimum atomic E-state index is -3.54. The Balaban J connectivity index is 2.10. The number of hydrogen-bond acceptors (Lipinski definition) is 4. The Bertz CT molecular complexity index is 802. The van der Waals surface area contributed by atoms with Gasteiger partial charge in [0.05, 0.1) is 11.4 Å². The third-order valence-electron chi connectivity index (χ3n) is 3.64. The largest absolute Gasteiger partial charge is 0.295 e. The lowest BCUT2D eigenvalue weighted by Gasteiger charge is -2.16. The van der Waals surface area contributed by atoms with E-state index in [9.17, 15) is 13.2 Å². The highest BCUT2D eigenvalue weighted by Crippen LogP contribution is 2.15. The fraction of sp³-hybridized carbons (Fsp3) is 0.278. The first-order valence-electron chi connectivity index (χ1n) is 7.59. The molecule has 0 radical (unpaired) electrons. The van der Waals surface area contributed by atoms with Crippen LogP contribution in [0.15, 0.2) is 59.5 Å². The molecule has 5 nitrogen and oxygen atoms in total. The second-order valence-electron chi connectivity index (χ2n) is 5.90. The highest BCUT2D eigenvalue weighted by atomic mass is 32.2. The number of benzene rings is 2. The number of hydrogen-bond donors (Lipinski definition) is 0. The quantitative estimate of drug-likeness (QED) is 0.722. The number of carbonyl (C=O) groups is 1. The SMILES string of the molecule is CN(CC(=O)c1cccc(S(=O)(=O)N(C)C)c1)Cc1ccccc1. The lowest BCUT2D eigenvalue weighted by Crippen LogP contribution is -2.26. The van der Waals surface area contributed by atoms with Crippen molar-refractivity contribution >= 4 is 15.8 Å². The van der Waals surface area contributed by atoms with Crippen LogP contribution in [0.3, 0.4) is 0 Å². The van der Waals surface area contributed by atoms with Gasteiger partial charge in [0, 0.05) is 26.2 Å². The fourth-order valence-electron chi connectivity index (χ4n) is 2.33. The third kappa shape index (κ3) is 4.50. The molecule has 0 amide bonds. The highest BCUT2D eigenvalue weighted by Gasteiger charge is 2.19. The van der Waals surface area contributed by atoms with E-state index in [2.05, 4.69) is 0 Å². The van der Waals surface area contributed by atoms with Crippen LogP contribution < -0.4 is 0 Å². The van der Waals surface area contributed by atoms with Crippen LogP contribution in [0.25, 0.3) is 0 Å². The van der Waals surface area contributed by atoms with Crippen molar-refractivity contribution in [2.24, 2.45) is 0 Å². The summed E-state index contributed by atoms with van der Waals surface area (Å²) in [7, 11) is 1.26. The zero-order chi connectivity index (χ0) is 17.7. The van der Waals surface area contributed by atoms with Crippen molar-refractivity contribution in [2.45, 2.75) is 11.4 Å². The van der Waals surface area contributed by atoms with Gasteiger partial charge in [0.2, 0.25) is 10.0 Å². The van der Waals surface area contributed by atoms with E-state index in [1.54, 1.807) is 12.1 Å². The summed E-state index contributed by atoms with van der Waals surface area (Å²) in [6, 6.07) is 16.1. The van der Waals surface area contributed by atoms with Crippen LogP contribution >= 0.6 is 0 Å². The number of ketones is 1. The van der Waals surface area contributed by atoms with Gasteiger partial charge in [0.25, 0.3) is 0 Å². The Morgan fingerprint density at radius 2 is 1.62 bits per heavy atom. The maximum Gasteiger partial charge on any atom is 0.242 e. The van der Waals surface area contributed by atoms with Crippen molar-refractivity contribution in [3.63, 3.8) is 0 Å². The van der Waals surface area contributed by atoms with Crippen LogP contribution in [-0.2, 0) is 16.6 Å². The van der Waals surface area contributed by atoms with E-state index in [4.69, 9.17) is 0 Å². The van der Waals surface area contributed by atoms with Crippen molar-refractivity contribution in [2.75, 3.05) is 27.7 Å². The standard InChI is InChI=1S/C18H22N2O3S/c1-19(2)24(22,23)17-11-7-10-16(12-17)18(21)14-20(3)13-15-8-5-4-6-9-15/h4-12H,13-14H2,1-3H3. The van der Waals surface area contributed by atoms with Gasteiger partial charge in [0.15, 0.2) is 5.78 Å². The summed E-state index contributed by atoms with van der Waals surface area (Å²) < 4.78 is 25.5. The number of nitrogens with zero attached hydrogens (tertiary/aromatic N) is 2. The van der Waals surface area contributed by atoms with Gasteiger partial charge >= 0.3 is 0 Å². The van der Waals surface area contributed by atoms with Gasteiger partial charge in [-0.25, -0.2) is 12.7 Å². The summed E-state index contributed by atoms with van der Waals surface area (Å²) in [5.74, 6) is -0.107. The van der Waals surface area contributed by atoms with Crippen LogP contribution in [0.1, 0.15) is 15.9 Å². The maximum absolute atomic E-state index is 12.4. The number of likely N-dealkylation sites (N-methyl/N-ethyl adjacent to an activating group) is 1. The van der Waals surface area contributed by atoms with Gasteiger partial charge in [-0.1, -0.05) is 42.5 Å². The Kier molecular flexibility index (Phi) is 5.88. The third-order valence-corrected chi connectivity index (χ3v) is 5.45. The molecule has 2 aromatic carbocycles. The number of carbonyl (C=O) groups excluding carboxylic acids is 1. The predicted octanol–water partition coefficient (Wildman–Crippen LogP) is 2.25. The molecule has 24 heavy (non-hydrogen) atoms. The monoisotopic (exact) mass is 346 g/mol. The van der Waals surface area contributed by atoms with Gasteiger partial charge in [0.1, 0.15) is 0 Å². The molecule has 2 aromatic rings. The first-order valence-corrected chi connectivity index (χ1v) is 9.03. The minimum absolute atomic E-state index is 0.107. The van der Waals surface area contributed by atoms with Gasteiger partial charge < -0.3 is 0 Å². The Labute approximate surface area is 143 Å². The summed E-state index contributed by atoms with van der Waals surface area (Å²) in [6.07, 6.45) is 0. The van der Waals surface area contributed by atoms with Gasteiger partial charge in [-0.3, -0.25) is 9.69 Å². The van der Waals surface area contributed by atoms with Crippen LogP contribution in [0.4, 0.5) is 0 Å². The molecule has 0 aliphatic carbocycles. The Hall–Kier alpha value is -2.02. The van der Waals surface area contributed by atoms with Crippen molar-refractivity contribution < 1.29 is 13.2 Å². The minimum Gasteiger partial charge on any atom is -0.295 e. The molecule has 0 aliphatic heterocycles. The summed E-state index contributed by atoms with van der Waals surface area (Å²) in [5, 5.41) is 0.